The van der Waals surface area contributed by atoms with E-state index in [1.54, 1.807) is 6.07 Å². The highest BCUT2D eigenvalue weighted by atomic mass is 35.5. The Bertz CT molecular complexity index is 557. The summed E-state index contributed by atoms with van der Waals surface area (Å²) in [4.78, 5) is 0. The molecule has 0 saturated carbocycles. The molecule has 1 N–H and O–H groups in total. The fourth-order valence-corrected chi connectivity index (χ4v) is 4.88. The van der Waals surface area contributed by atoms with E-state index >= 15 is 0 Å². The topological polar surface area (TPSA) is 54.4 Å². The summed E-state index contributed by atoms with van der Waals surface area (Å²) in [6.45, 7) is -0.0387. The molecule has 1 aromatic carbocycles. The van der Waals surface area contributed by atoms with Gasteiger partial charge in [0.2, 0.25) is 0 Å². The summed E-state index contributed by atoms with van der Waals surface area (Å²) in [5.74, 6) is 0.298. The molecule has 2 atom stereocenters. The first-order valence-electron chi connectivity index (χ1n) is 6.17. The number of hydrogen-bond donors (Lipinski definition) is 1. The Kier molecular flexibility index (Phi) is 4.77. The van der Waals surface area contributed by atoms with Crippen LogP contribution in [-0.4, -0.2) is 31.6 Å². The number of sulfone groups is 1. The number of aliphatic hydroxyl groups is 1. The Morgan fingerprint density at radius 2 is 2.11 bits per heavy atom. The van der Waals surface area contributed by atoms with Crippen molar-refractivity contribution in [3.05, 3.63) is 33.8 Å². The Hall–Kier alpha value is -0.290. The van der Waals surface area contributed by atoms with Crippen molar-refractivity contribution in [1.82, 2.24) is 0 Å². The van der Waals surface area contributed by atoms with Crippen molar-refractivity contribution in [3.63, 3.8) is 0 Å². The predicted molar refractivity (Wildman–Crippen MR) is 77.5 cm³/mol. The van der Waals surface area contributed by atoms with Crippen LogP contribution < -0.4 is 0 Å². The maximum absolute atomic E-state index is 11.5. The lowest BCUT2D eigenvalue weighted by atomic mass is 9.87. The predicted octanol–water partition coefficient (Wildman–Crippen LogP) is 2.58. The third-order valence-corrected chi connectivity index (χ3v) is 6.33. The van der Waals surface area contributed by atoms with Gasteiger partial charge in [-0.25, -0.2) is 8.42 Å². The molecule has 0 aliphatic carbocycles. The fraction of sp³-hybridized carbons (Fsp3) is 0.538. The lowest BCUT2D eigenvalue weighted by Gasteiger charge is -2.21. The van der Waals surface area contributed by atoms with Crippen LogP contribution in [0.5, 0.6) is 0 Å². The lowest BCUT2D eigenvalue weighted by molar-refractivity contribution is 0.184. The van der Waals surface area contributed by atoms with E-state index < -0.39 is 9.84 Å². The monoisotopic (exact) mass is 322 g/mol. The molecule has 0 bridgehead atoms. The van der Waals surface area contributed by atoms with Gasteiger partial charge in [-0.15, -0.1) is 0 Å². The first-order valence-corrected chi connectivity index (χ1v) is 8.75. The second kappa shape index (κ2) is 6.00. The molecule has 1 aromatic rings. The summed E-state index contributed by atoms with van der Waals surface area (Å²) in [5.41, 5.74) is 0.859. The van der Waals surface area contributed by atoms with Crippen molar-refractivity contribution in [3.8, 4) is 0 Å². The molecule has 1 saturated heterocycles. The molecule has 2 unspecified atom stereocenters. The van der Waals surface area contributed by atoms with Crippen LogP contribution in [0.1, 0.15) is 12.0 Å². The van der Waals surface area contributed by atoms with Gasteiger partial charge in [-0.2, -0.15) is 0 Å². The Labute approximate surface area is 123 Å². The highest BCUT2D eigenvalue weighted by Crippen LogP contribution is 2.32. The second-order valence-electron chi connectivity index (χ2n) is 5.02. The Balaban J connectivity index is 2.14. The van der Waals surface area contributed by atoms with Crippen LogP contribution >= 0.6 is 23.2 Å². The normalized spacial score (nSPS) is 23.4. The van der Waals surface area contributed by atoms with E-state index in [1.165, 1.54) is 0 Å². The smallest absolute Gasteiger partial charge is 0.150 e. The third-order valence-electron chi connectivity index (χ3n) is 3.68. The van der Waals surface area contributed by atoms with Gasteiger partial charge >= 0.3 is 0 Å². The molecule has 1 aliphatic heterocycles. The summed E-state index contributed by atoms with van der Waals surface area (Å²) < 4.78 is 23.0. The molecule has 0 amide bonds. The molecule has 0 aromatic heterocycles. The van der Waals surface area contributed by atoms with Gasteiger partial charge in [-0.3, -0.25) is 0 Å². The molecule has 2 rings (SSSR count). The van der Waals surface area contributed by atoms with Crippen molar-refractivity contribution in [1.29, 1.82) is 0 Å². The van der Waals surface area contributed by atoms with Crippen LogP contribution in [0.3, 0.4) is 0 Å². The summed E-state index contributed by atoms with van der Waals surface area (Å²) >= 11 is 12.1. The zero-order valence-corrected chi connectivity index (χ0v) is 12.7. The van der Waals surface area contributed by atoms with E-state index in [4.69, 9.17) is 23.2 Å². The number of hydrogen-bond acceptors (Lipinski definition) is 3. The van der Waals surface area contributed by atoms with E-state index in [1.807, 2.05) is 12.1 Å². The van der Waals surface area contributed by atoms with Gasteiger partial charge in [0.1, 0.15) is 0 Å². The van der Waals surface area contributed by atoms with Crippen LogP contribution in [0.4, 0.5) is 0 Å². The van der Waals surface area contributed by atoms with Crippen LogP contribution in [0.25, 0.3) is 0 Å². The zero-order valence-electron chi connectivity index (χ0n) is 10.4. The molecule has 1 aliphatic rings. The van der Waals surface area contributed by atoms with E-state index in [-0.39, 0.29) is 29.9 Å². The maximum Gasteiger partial charge on any atom is 0.150 e. The molecule has 106 valence electrons. The highest BCUT2D eigenvalue weighted by Gasteiger charge is 2.33. The number of benzene rings is 1. The fourth-order valence-electron chi connectivity index (χ4n) is 2.56. The summed E-state index contributed by atoms with van der Waals surface area (Å²) in [7, 11) is -2.93. The van der Waals surface area contributed by atoms with Crippen molar-refractivity contribution in [2.24, 2.45) is 11.8 Å². The first-order chi connectivity index (χ1) is 8.93. The Morgan fingerprint density at radius 1 is 1.37 bits per heavy atom. The lowest BCUT2D eigenvalue weighted by Crippen LogP contribution is -2.22. The molecule has 1 fully saturated rings. The minimum absolute atomic E-state index is 0.00467. The van der Waals surface area contributed by atoms with Crippen LogP contribution in [0.15, 0.2) is 18.2 Å². The summed E-state index contributed by atoms with van der Waals surface area (Å²) in [6.07, 6.45) is 1.17. The average molecular weight is 323 g/mol. The average Bonchev–Trinajstić information content (AvgIpc) is 2.71. The Morgan fingerprint density at radius 3 is 2.68 bits per heavy atom. The first kappa shape index (κ1) is 15.1. The third kappa shape index (κ3) is 3.63. The molecule has 0 spiro atoms. The van der Waals surface area contributed by atoms with E-state index in [0.29, 0.717) is 22.9 Å². The van der Waals surface area contributed by atoms with Gasteiger partial charge in [-0.1, -0.05) is 35.3 Å². The van der Waals surface area contributed by atoms with Gasteiger partial charge in [0.25, 0.3) is 0 Å². The van der Waals surface area contributed by atoms with Gasteiger partial charge in [-0.05, 0) is 36.3 Å². The van der Waals surface area contributed by atoms with Crippen LogP contribution in [0, 0.1) is 11.8 Å². The maximum atomic E-state index is 11.5. The number of rotatable bonds is 4. The van der Waals surface area contributed by atoms with Crippen molar-refractivity contribution >= 4 is 33.0 Å². The molecular weight excluding hydrogens is 307 g/mol. The molecular formula is C13H16Cl2O3S. The largest absolute Gasteiger partial charge is 0.396 e. The zero-order chi connectivity index (χ0) is 14.0. The molecule has 19 heavy (non-hydrogen) atoms. The quantitative estimate of drug-likeness (QED) is 0.926. The van der Waals surface area contributed by atoms with Gasteiger partial charge in [0.15, 0.2) is 9.84 Å². The molecule has 0 radical (unpaired) electrons. The highest BCUT2D eigenvalue weighted by molar-refractivity contribution is 7.91. The molecule has 3 nitrogen and oxygen atoms in total. The van der Waals surface area contributed by atoms with Gasteiger partial charge < -0.3 is 5.11 Å². The van der Waals surface area contributed by atoms with Crippen molar-refractivity contribution in [2.45, 2.75) is 12.8 Å². The second-order valence-corrected chi connectivity index (χ2v) is 8.04. The van der Waals surface area contributed by atoms with E-state index in [0.717, 1.165) is 5.56 Å². The SMILES string of the molecule is O=S1(=O)CCC(C(CO)Cc2cccc(Cl)c2Cl)C1. The van der Waals surface area contributed by atoms with Crippen molar-refractivity contribution < 1.29 is 13.5 Å². The minimum atomic E-state index is -2.93. The van der Waals surface area contributed by atoms with Crippen LogP contribution in [-0.2, 0) is 16.3 Å². The standard InChI is InChI=1S/C13H16Cl2O3S/c14-12-3-1-2-9(13(12)15)6-11(7-16)10-4-5-19(17,18)8-10/h1-3,10-11,16H,4-8H2. The van der Waals surface area contributed by atoms with Gasteiger partial charge in [0.05, 0.1) is 21.6 Å². The van der Waals surface area contributed by atoms with Crippen LogP contribution in [0.2, 0.25) is 10.0 Å². The summed E-state index contributed by atoms with van der Waals surface area (Å²) in [6, 6.07) is 5.38. The number of aliphatic hydroxyl groups excluding tert-OH is 1. The molecule has 1 heterocycles. The van der Waals surface area contributed by atoms with Gasteiger partial charge in [0, 0.05) is 6.61 Å². The van der Waals surface area contributed by atoms with E-state index in [9.17, 15) is 13.5 Å². The minimum Gasteiger partial charge on any atom is -0.396 e. The molecule has 6 heteroatoms. The van der Waals surface area contributed by atoms with E-state index in [2.05, 4.69) is 0 Å². The van der Waals surface area contributed by atoms with Crippen molar-refractivity contribution in [2.75, 3.05) is 18.1 Å². The number of halogens is 2. The summed E-state index contributed by atoms with van der Waals surface area (Å²) in [5, 5.41) is 10.5.